The Morgan fingerprint density at radius 1 is 1.00 bits per heavy atom. The molecule has 144 valence electrons. The Morgan fingerprint density at radius 2 is 1.75 bits per heavy atom. The van der Waals surface area contributed by atoms with Gasteiger partial charge in [0.15, 0.2) is 0 Å². The van der Waals surface area contributed by atoms with Crippen LogP contribution in [0.3, 0.4) is 0 Å². The number of amides is 1. The van der Waals surface area contributed by atoms with Gasteiger partial charge in [-0.25, -0.2) is 4.68 Å². The number of benzene rings is 1. The Morgan fingerprint density at radius 3 is 2.43 bits per heavy atom. The molecule has 3 aromatic rings. The zero-order valence-electron chi connectivity index (χ0n) is 16.5. The SMILES string of the molecule is Cc1cc(C)n(-c2ccc(C(=O)N3CCCCCC3c3ccncc3)cc2)n1. The van der Waals surface area contributed by atoms with Crippen LogP contribution in [0.4, 0.5) is 0 Å². The van der Waals surface area contributed by atoms with Crippen molar-refractivity contribution in [2.45, 2.75) is 45.6 Å². The minimum absolute atomic E-state index is 0.101. The highest BCUT2D eigenvalue weighted by molar-refractivity contribution is 5.94. The van der Waals surface area contributed by atoms with Gasteiger partial charge in [-0.05, 0) is 74.7 Å². The van der Waals surface area contributed by atoms with Gasteiger partial charge in [0.1, 0.15) is 0 Å². The minimum Gasteiger partial charge on any atom is -0.332 e. The fourth-order valence-electron chi connectivity index (χ4n) is 4.08. The number of aryl methyl sites for hydroxylation is 2. The molecule has 1 unspecified atom stereocenters. The lowest BCUT2D eigenvalue weighted by Crippen LogP contribution is -2.34. The van der Waals surface area contributed by atoms with Crippen LogP contribution in [-0.4, -0.2) is 32.1 Å². The molecule has 1 aliphatic heterocycles. The van der Waals surface area contributed by atoms with E-state index >= 15 is 0 Å². The molecule has 0 aliphatic carbocycles. The van der Waals surface area contributed by atoms with E-state index in [9.17, 15) is 4.79 Å². The third-order valence-corrected chi connectivity index (χ3v) is 5.47. The van der Waals surface area contributed by atoms with Gasteiger partial charge in [0.2, 0.25) is 0 Å². The van der Waals surface area contributed by atoms with Gasteiger partial charge in [-0.1, -0.05) is 12.8 Å². The van der Waals surface area contributed by atoms with Gasteiger partial charge < -0.3 is 4.90 Å². The molecule has 3 heterocycles. The van der Waals surface area contributed by atoms with Gasteiger partial charge in [-0.2, -0.15) is 5.10 Å². The van der Waals surface area contributed by atoms with Gasteiger partial charge >= 0.3 is 0 Å². The lowest BCUT2D eigenvalue weighted by Gasteiger charge is -2.30. The molecule has 5 heteroatoms. The third kappa shape index (κ3) is 3.70. The molecule has 1 amide bonds. The van der Waals surface area contributed by atoms with Crippen molar-refractivity contribution in [2.24, 2.45) is 0 Å². The van der Waals surface area contributed by atoms with Crippen molar-refractivity contribution >= 4 is 5.91 Å². The molecule has 28 heavy (non-hydrogen) atoms. The first-order valence-electron chi connectivity index (χ1n) is 9.98. The standard InChI is InChI=1S/C23H26N4O/c1-17-16-18(2)27(25-17)21-9-7-20(8-10-21)23(28)26-15-5-3-4-6-22(26)19-11-13-24-14-12-19/h7-14,16,22H,3-6,15H2,1-2H3. The van der Waals surface area contributed by atoms with Gasteiger partial charge in [0, 0.05) is 30.2 Å². The quantitative estimate of drug-likeness (QED) is 0.671. The summed E-state index contributed by atoms with van der Waals surface area (Å²) >= 11 is 0. The normalized spacial score (nSPS) is 17.4. The topological polar surface area (TPSA) is 51.0 Å². The minimum atomic E-state index is 0.101. The molecule has 0 radical (unpaired) electrons. The summed E-state index contributed by atoms with van der Waals surface area (Å²) in [6.45, 7) is 4.82. The first kappa shape index (κ1) is 18.4. The average Bonchev–Trinajstić information content (AvgIpc) is 2.92. The van der Waals surface area contributed by atoms with Gasteiger partial charge in [-0.3, -0.25) is 9.78 Å². The van der Waals surface area contributed by atoms with Crippen LogP contribution in [0.2, 0.25) is 0 Å². The molecule has 0 saturated carbocycles. The average molecular weight is 374 g/mol. The molecule has 0 N–H and O–H groups in total. The van der Waals surface area contributed by atoms with E-state index in [1.165, 1.54) is 12.0 Å². The summed E-state index contributed by atoms with van der Waals surface area (Å²) in [4.78, 5) is 19.5. The summed E-state index contributed by atoms with van der Waals surface area (Å²) in [5.41, 5.74) is 4.95. The summed E-state index contributed by atoms with van der Waals surface area (Å²) in [7, 11) is 0. The second kappa shape index (κ2) is 7.97. The van der Waals surface area contributed by atoms with E-state index in [4.69, 9.17) is 0 Å². The molecule has 2 aromatic heterocycles. The van der Waals surface area contributed by atoms with E-state index in [0.29, 0.717) is 0 Å². The number of likely N-dealkylation sites (tertiary alicyclic amines) is 1. The van der Waals surface area contributed by atoms with Crippen LogP contribution in [0.5, 0.6) is 0 Å². The van der Waals surface area contributed by atoms with Gasteiger partial charge in [0.25, 0.3) is 5.91 Å². The maximum atomic E-state index is 13.3. The molecule has 4 rings (SSSR count). The Balaban J connectivity index is 1.60. The fraction of sp³-hybridized carbons (Fsp3) is 0.348. The van der Waals surface area contributed by atoms with E-state index in [0.717, 1.165) is 48.4 Å². The van der Waals surface area contributed by atoms with Crippen molar-refractivity contribution in [3.05, 3.63) is 77.4 Å². The van der Waals surface area contributed by atoms with Crippen molar-refractivity contribution in [1.29, 1.82) is 0 Å². The van der Waals surface area contributed by atoms with Crippen molar-refractivity contribution in [2.75, 3.05) is 6.54 Å². The van der Waals surface area contributed by atoms with E-state index < -0.39 is 0 Å². The first-order chi connectivity index (χ1) is 13.6. The Labute approximate surface area is 166 Å². The predicted molar refractivity (Wildman–Crippen MR) is 110 cm³/mol. The number of hydrogen-bond acceptors (Lipinski definition) is 3. The van der Waals surface area contributed by atoms with Crippen LogP contribution < -0.4 is 0 Å². The Kier molecular flexibility index (Phi) is 5.24. The molecular weight excluding hydrogens is 348 g/mol. The lowest BCUT2D eigenvalue weighted by molar-refractivity contribution is 0.0681. The van der Waals surface area contributed by atoms with Crippen molar-refractivity contribution in [1.82, 2.24) is 19.7 Å². The van der Waals surface area contributed by atoms with Crippen LogP contribution in [0, 0.1) is 13.8 Å². The molecule has 0 spiro atoms. The maximum Gasteiger partial charge on any atom is 0.254 e. The summed E-state index contributed by atoms with van der Waals surface area (Å²) in [6.07, 6.45) is 7.99. The van der Waals surface area contributed by atoms with Crippen molar-refractivity contribution in [3.63, 3.8) is 0 Å². The van der Waals surface area contributed by atoms with Gasteiger partial charge in [0.05, 0.1) is 17.4 Å². The Bertz CT molecular complexity index is 946. The molecule has 1 atom stereocenters. The van der Waals surface area contributed by atoms with Crippen molar-refractivity contribution in [3.8, 4) is 5.69 Å². The monoisotopic (exact) mass is 374 g/mol. The van der Waals surface area contributed by atoms with Crippen LogP contribution in [0.25, 0.3) is 5.69 Å². The smallest absolute Gasteiger partial charge is 0.254 e. The first-order valence-corrected chi connectivity index (χ1v) is 9.98. The summed E-state index contributed by atoms with van der Waals surface area (Å²) in [5, 5.41) is 4.52. The van der Waals surface area contributed by atoms with Crippen LogP contribution >= 0.6 is 0 Å². The molecule has 1 aliphatic rings. The van der Waals surface area contributed by atoms with E-state index in [1.54, 1.807) is 0 Å². The second-order valence-electron chi connectivity index (χ2n) is 7.53. The number of nitrogens with zero attached hydrogens (tertiary/aromatic N) is 4. The van der Waals surface area contributed by atoms with Crippen LogP contribution in [-0.2, 0) is 0 Å². The molecule has 0 bridgehead atoms. The highest BCUT2D eigenvalue weighted by Crippen LogP contribution is 2.31. The number of aromatic nitrogens is 3. The number of pyridine rings is 1. The molecule has 1 fully saturated rings. The fourth-order valence-corrected chi connectivity index (χ4v) is 4.08. The zero-order chi connectivity index (χ0) is 19.5. The molecule has 5 nitrogen and oxygen atoms in total. The summed E-state index contributed by atoms with van der Waals surface area (Å²) in [6, 6.07) is 14.0. The van der Waals surface area contributed by atoms with Gasteiger partial charge in [-0.15, -0.1) is 0 Å². The largest absolute Gasteiger partial charge is 0.332 e. The number of hydrogen-bond donors (Lipinski definition) is 0. The molecule has 1 aromatic carbocycles. The molecule has 1 saturated heterocycles. The van der Waals surface area contributed by atoms with E-state index in [2.05, 4.69) is 16.1 Å². The second-order valence-corrected chi connectivity index (χ2v) is 7.53. The maximum absolute atomic E-state index is 13.3. The van der Waals surface area contributed by atoms with E-state index in [-0.39, 0.29) is 11.9 Å². The third-order valence-electron chi connectivity index (χ3n) is 5.47. The highest BCUT2D eigenvalue weighted by atomic mass is 16.2. The number of carbonyl (C=O) groups is 1. The summed E-state index contributed by atoms with van der Waals surface area (Å²) < 4.78 is 1.91. The van der Waals surface area contributed by atoms with Crippen LogP contribution in [0.1, 0.15) is 59.0 Å². The Hall–Kier alpha value is -2.95. The predicted octanol–water partition coefficient (Wildman–Crippen LogP) is 4.64. The highest BCUT2D eigenvalue weighted by Gasteiger charge is 2.27. The lowest BCUT2D eigenvalue weighted by atomic mass is 10.0. The number of carbonyl (C=O) groups excluding carboxylic acids is 1. The molecular formula is C23H26N4O. The van der Waals surface area contributed by atoms with Crippen LogP contribution in [0.15, 0.2) is 54.9 Å². The zero-order valence-corrected chi connectivity index (χ0v) is 16.5. The number of rotatable bonds is 3. The van der Waals surface area contributed by atoms with Crippen molar-refractivity contribution < 1.29 is 4.79 Å². The summed E-state index contributed by atoms with van der Waals surface area (Å²) in [5.74, 6) is 0.101. The van der Waals surface area contributed by atoms with E-state index in [1.807, 2.05) is 72.2 Å².